The molecular weight excluding hydrogens is 387 g/mol. The summed E-state index contributed by atoms with van der Waals surface area (Å²) in [4.78, 5) is 31.0. The number of aromatic nitrogens is 2. The molecule has 0 atom stereocenters. The number of hydrogen-bond donors (Lipinski definition) is 1. The van der Waals surface area contributed by atoms with Crippen LogP contribution in [0.5, 0.6) is 0 Å². The first-order valence-corrected chi connectivity index (χ1v) is 9.34. The molecule has 1 aromatic heterocycles. The van der Waals surface area contributed by atoms with Crippen LogP contribution in [-0.4, -0.2) is 60.6 Å². The Morgan fingerprint density at radius 2 is 1.74 bits per heavy atom. The lowest BCUT2D eigenvalue weighted by Crippen LogP contribution is -2.38. The van der Waals surface area contributed by atoms with Gasteiger partial charge in [0.05, 0.1) is 13.2 Å². The SMILES string of the molecule is CSc1nc(C)c(CCC(=O)OCCOCCNC(=O)C(F)(F)F)c(C)n1. The highest BCUT2D eigenvalue weighted by Crippen LogP contribution is 2.17. The number of hydrogen-bond acceptors (Lipinski definition) is 7. The molecule has 0 aromatic carbocycles. The average molecular weight is 409 g/mol. The molecule has 0 fully saturated rings. The van der Waals surface area contributed by atoms with Crippen LogP contribution in [-0.2, 0) is 25.5 Å². The highest BCUT2D eigenvalue weighted by Gasteiger charge is 2.38. The summed E-state index contributed by atoms with van der Waals surface area (Å²) in [6.07, 6.45) is -2.41. The van der Waals surface area contributed by atoms with E-state index in [1.54, 1.807) is 5.32 Å². The summed E-state index contributed by atoms with van der Waals surface area (Å²) >= 11 is 1.45. The van der Waals surface area contributed by atoms with Gasteiger partial charge in [-0.05, 0) is 32.1 Å². The third-order valence-electron chi connectivity index (χ3n) is 3.44. The smallest absolute Gasteiger partial charge is 0.463 e. The van der Waals surface area contributed by atoms with Crippen molar-refractivity contribution >= 4 is 23.6 Å². The van der Waals surface area contributed by atoms with E-state index in [4.69, 9.17) is 9.47 Å². The fraction of sp³-hybridized carbons (Fsp3) is 0.625. The van der Waals surface area contributed by atoms with E-state index in [0.29, 0.717) is 11.6 Å². The quantitative estimate of drug-likeness (QED) is 0.274. The fourth-order valence-corrected chi connectivity index (χ4v) is 2.57. The van der Waals surface area contributed by atoms with Gasteiger partial charge in [-0.1, -0.05) is 11.8 Å². The molecule has 0 saturated carbocycles. The number of carbonyl (C=O) groups excluding carboxylic acids is 2. The minimum absolute atomic E-state index is 0.0219. The van der Waals surface area contributed by atoms with Crippen molar-refractivity contribution in [3.63, 3.8) is 0 Å². The van der Waals surface area contributed by atoms with Crippen LogP contribution in [0.25, 0.3) is 0 Å². The second-order valence-corrected chi connectivity index (χ2v) is 6.22. The molecule has 0 aliphatic carbocycles. The van der Waals surface area contributed by atoms with Crippen LogP contribution in [0.15, 0.2) is 5.16 Å². The second-order valence-electron chi connectivity index (χ2n) is 5.45. The fourth-order valence-electron chi connectivity index (χ4n) is 2.11. The van der Waals surface area contributed by atoms with E-state index in [0.717, 1.165) is 17.0 Å². The highest BCUT2D eigenvalue weighted by molar-refractivity contribution is 7.98. The molecule has 11 heteroatoms. The first kappa shape index (κ1) is 23.2. The molecule has 0 unspecified atom stereocenters. The number of nitrogens with zero attached hydrogens (tertiary/aromatic N) is 2. The molecule has 0 saturated heterocycles. The number of esters is 1. The standard InChI is InChI=1S/C16H22F3N3O4S/c1-10-12(11(2)22-15(21-10)27-3)4-5-13(23)26-9-8-25-7-6-20-14(24)16(17,18)19/h4-9H2,1-3H3,(H,20,24). The maximum Gasteiger partial charge on any atom is 0.471 e. The summed E-state index contributed by atoms with van der Waals surface area (Å²) in [6, 6.07) is 0. The maximum atomic E-state index is 11.9. The van der Waals surface area contributed by atoms with Crippen LogP contribution in [0, 0.1) is 13.8 Å². The predicted molar refractivity (Wildman–Crippen MR) is 92.5 cm³/mol. The van der Waals surface area contributed by atoms with Crippen molar-refractivity contribution in [2.45, 2.75) is 38.0 Å². The predicted octanol–water partition coefficient (Wildman–Crippen LogP) is 1.99. The largest absolute Gasteiger partial charge is 0.471 e. The molecule has 0 bridgehead atoms. The molecule has 1 amide bonds. The Kier molecular flexibility index (Phi) is 9.50. The molecule has 0 radical (unpaired) electrons. The van der Waals surface area contributed by atoms with Gasteiger partial charge in [-0.2, -0.15) is 13.2 Å². The van der Waals surface area contributed by atoms with Crippen LogP contribution >= 0.6 is 11.8 Å². The Hall–Kier alpha value is -1.88. The topological polar surface area (TPSA) is 90.4 Å². The van der Waals surface area contributed by atoms with Crippen LogP contribution < -0.4 is 5.32 Å². The van der Waals surface area contributed by atoms with Gasteiger partial charge in [0.15, 0.2) is 5.16 Å². The Labute approximate surface area is 159 Å². The minimum atomic E-state index is -4.91. The molecular formula is C16H22F3N3O4S. The maximum absolute atomic E-state index is 11.9. The lowest BCUT2D eigenvalue weighted by Gasteiger charge is -2.10. The van der Waals surface area contributed by atoms with E-state index >= 15 is 0 Å². The van der Waals surface area contributed by atoms with Crippen LogP contribution in [0.4, 0.5) is 13.2 Å². The molecule has 1 aromatic rings. The van der Waals surface area contributed by atoms with Gasteiger partial charge < -0.3 is 14.8 Å². The summed E-state index contributed by atoms with van der Waals surface area (Å²) in [5.41, 5.74) is 2.55. The lowest BCUT2D eigenvalue weighted by molar-refractivity contribution is -0.173. The van der Waals surface area contributed by atoms with E-state index < -0.39 is 18.1 Å². The average Bonchev–Trinajstić information content (AvgIpc) is 2.58. The van der Waals surface area contributed by atoms with Crippen molar-refractivity contribution < 1.29 is 32.2 Å². The first-order valence-electron chi connectivity index (χ1n) is 8.11. The number of nitrogens with one attached hydrogen (secondary N) is 1. The molecule has 1 N–H and O–H groups in total. The van der Waals surface area contributed by atoms with E-state index in [1.165, 1.54) is 11.8 Å². The van der Waals surface area contributed by atoms with Crippen molar-refractivity contribution in [3.05, 3.63) is 17.0 Å². The molecule has 1 heterocycles. The summed E-state index contributed by atoms with van der Waals surface area (Å²) in [5.74, 6) is -2.44. The van der Waals surface area contributed by atoms with E-state index in [1.807, 2.05) is 20.1 Å². The highest BCUT2D eigenvalue weighted by atomic mass is 32.2. The molecule has 27 heavy (non-hydrogen) atoms. The molecule has 0 aliphatic heterocycles. The molecule has 0 spiro atoms. The Bertz CT molecular complexity index is 633. The number of alkyl halides is 3. The normalized spacial score (nSPS) is 11.3. The Balaban J connectivity index is 2.19. The summed E-state index contributed by atoms with van der Waals surface area (Å²) in [7, 11) is 0. The van der Waals surface area contributed by atoms with E-state index in [9.17, 15) is 22.8 Å². The molecule has 0 aliphatic rings. The van der Waals surface area contributed by atoms with Crippen molar-refractivity contribution in [3.8, 4) is 0 Å². The van der Waals surface area contributed by atoms with Gasteiger partial charge in [-0.15, -0.1) is 0 Å². The number of aryl methyl sites for hydroxylation is 2. The number of halogens is 3. The van der Waals surface area contributed by atoms with Gasteiger partial charge in [0.25, 0.3) is 0 Å². The van der Waals surface area contributed by atoms with Crippen LogP contribution in [0.1, 0.15) is 23.4 Å². The Morgan fingerprint density at radius 3 is 2.30 bits per heavy atom. The van der Waals surface area contributed by atoms with E-state index in [2.05, 4.69) is 9.97 Å². The zero-order valence-corrected chi connectivity index (χ0v) is 16.1. The van der Waals surface area contributed by atoms with Crippen molar-refractivity contribution in [2.75, 3.05) is 32.6 Å². The zero-order chi connectivity index (χ0) is 20.4. The molecule has 7 nitrogen and oxygen atoms in total. The summed E-state index contributed by atoms with van der Waals surface area (Å²) in [5, 5.41) is 2.35. The monoisotopic (exact) mass is 409 g/mol. The number of rotatable bonds is 10. The van der Waals surface area contributed by atoms with Gasteiger partial charge in [0.1, 0.15) is 6.61 Å². The van der Waals surface area contributed by atoms with Crippen LogP contribution in [0.3, 0.4) is 0 Å². The number of carbonyl (C=O) groups is 2. The van der Waals surface area contributed by atoms with E-state index in [-0.39, 0.29) is 32.8 Å². The number of thioether (sulfide) groups is 1. The van der Waals surface area contributed by atoms with Crippen molar-refractivity contribution in [2.24, 2.45) is 0 Å². The van der Waals surface area contributed by atoms with Gasteiger partial charge in [-0.25, -0.2) is 9.97 Å². The van der Waals surface area contributed by atoms with Crippen molar-refractivity contribution in [1.82, 2.24) is 15.3 Å². The van der Waals surface area contributed by atoms with Crippen LogP contribution in [0.2, 0.25) is 0 Å². The lowest BCUT2D eigenvalue weighted by atomic mass is 10.1. The second kappa shape index (κ2) is 11.1. The van der Waals surface area contributed by atoms with Gasteiger partial charge in [0.2, 0.25) is 0 Å². The van der Waals surface area contributed by atoms with Crippen molar-refractivity contribution in [1.29, 1.82) is 0 Å². The zero-order valence-electron chi connectivity index (χ0n) is 15.3. The minimum Gasteiger partial charge on any atom is -0.463 e. The molecule has 152 valence electrons. The summed E-state index contributed by atoms with van der Waals surface area (Å²) in [6.45, 7) is 3.33. The number of ether oxygens (including phenoxy) is 2. The number of amides is 1. The molecule has 1 rings (SSSR count). The van der Waals surface area contributed by atoms with Gasteiger partial charge in [-0.3, -0.25) is 9.59 Å². The first-order chi connectivity index (χ1) is 12.6. The summed E-state index contributed by atoms with van der Waals surface area (Å²) < 4.78 is 45.8. The van der Waals surface area contributed by atoms with Gasteiger partial charge in [0, 0.05) is 24.4 Å². The Morgan fingerprint density at radius 1 is 1.11 bits per heavy atom. The third kappa shape index (κ3) is 8.57. The third-order valence-corrected chi connectivity index (χ3v) is 3.99. The van der Waals surface area contributed by atoms with Gasteiger partial charge >= 0.3 is 18.1 Å².